The molecule has 0 bridgehead atoms. The molecule has 1 fully saturated rings. The predicted octanol–water partition coefficient (Wildman–Crippen LogP) is 2.76. The van der Waals surface area contributed by atoms with Gasteiger partial charge in [0.2, 0.25) is 11.7 Å². The quantitative estimate of drug-likeness (QED) is 0.411. The lowest BCUT2D eigenvalue weighted by atomic mass is 10.2. The molecule has 0 radical (unpaired) electrons. The van der Waals surface area contributed by atoms with Crippen LogP contribution in [0.1, 0.15) is 24.2 Å². The maximum Gasteiger partial charge on any atom is 0.294 e. The molecule has 1 amide bonds. The highest BCUT2D eigenvalue weighted by atomic mass is 32.1. The second-order valence-electron chi connectivity index (χ2n) is 8.09. The first-order valence-corrected chi connectivity index (χ1v) is 11.8. The molecule has 0 unspecified atom stereocenters. The summed E-state index contributed by atoms with van der Waals surface area (Å²) in [5.74, 6) is -0.131. The molecule has 1 aliphatic heterocycles. The predicted molar refractivity (Wildman–Crippen MR) is 124 cm³/mol. The summed E-state index contributed by atoms with van der Waals surface area (Å²) in [4.78, 5) is 40.9. The van der Waals surface area contributed by atoms with Crippen molar-refractivity contribution in [2.45, 2.75) is 45.3 Å². The molecular formula is C22H21F2N7O3S. The lowest BCUT2D eigenvalue weighted by molar-refractivity contribution is -0.122. The van der Waals surface area contributed by atoms with Gasteiger partial charge < -0.3 is 14.7 Å². The summed E-state index contributed by atoms with van der Waals surface area (Å²) in [6, 6.07) is 9.12. The SMILES string of the molecule is Cc1noc(-c2nc3sc(N4CCC[C@@H]4C(=O)NCc4ccccc4)nc3c(=O)n2CC(F)F)n1. The first kappa shape index (κ1) is 23.0. The second kappa shape index (κ2) is 9.49. The fourth-order valence-electron chi connectivity index (χ4n) is 4.05. The van der Waals surface area contributed by atoms with Crippen molar-refractivity contribution in [1.82, 2.24) is 30.0 Å². The third-order valence-electron chi connectivity index (χ3n) is 5.66. The molecule has 0 aliphatic carbocycles. The van der Waals surface area contributed by atoms with Crippen LogP contribution in [-0.4, -0.2) is 49.6 Å². The standard InChI is InChI=1S/C22H21F2N7O3S/c1-12-26-19(34-29-12)17-28-20-16(21(33)31(17)11-15(23)24)27-22(35-20)30-9-5-8-14(30)18(32)25-10-13-6-3-2-4-7-13/h2-4,6-7,14-15H,5,8-11H2,1H3,(H,25,32)/t14-/m1/s1. The average molecular weight is 502 g/mol. The third kappa shape index (κ3) is 4.63. The van der Waals surface area contributed by atoms with Crippen molar-refractivity contribution in [2.75, 3.05) is 11.4 Å². The molecule has 1 aliphatic rings. The summed E-state index contributed by atoms with van der Waals surface area (Å²) in [5, 5.41) is 7.05. The van der Waals surface area contributed by atoms with E-state index in [4.69, 9.17) is 4.52 Å². The number of rotatable bonds is 7. The van der Waals surface area contributed by atoms with Crippen LogP contribution in [0, 0.1) is 6.92 Å². The van der Waals surface area contributed by atoms with Gasteiger partial charge in [-0.25, -0.2) is 18.7 Å². The molecule has 1 aromatic carbocycles. The van der Waals surface area contributed by atoms with Crippen molar-refractivity contribution in [3.8, 4) is 11.7 Å². The Hall–Kier alpha value is -3.74. The van der Waals surface area contributed by atoms with E-state index in [1.807, 2.05) is 35.2 Å². The zero-order valence-electron chi connectivity index (χ0n) is 18.6. The van der Waals surface area contributed by atoms with Gasteiger partial charge in [0.1, 0.15) is 6.04 Å². The van der Waals surface area contributed by atoms with E-state index in [0.29, 0.717) is 24.6 Å². The van der Waals surface area contributed by atoms with Gasteiger partial charge in [0.25, 0.3) is 17.9 Å². The number of thiazole rings is 1. The van der Waals surface area contributed by atoms with Gasteiger partial charge in [-0.3, -0.25) is 14.2 Å². The number of anilines is 1. The summed E-state index contributed by atoms with van der Waals surface area (Å²) in [7, 11) is 0. The molecule has 10 nitrogen and oxygen atoms in total. The second-order valence-corrected chi connectivity index (χ2v) is 9.05. The number of hydrogen-bond donors (Lipinski definition) is 1. The number of aromatic nitrogens is 5. The number of fused-ring (bicyclic) bond motifs is 1. The number of carbonyl (C=O) groups excluding carboxylic acids is 1. The van der Waals surface area contributed by atoms with Crippen molar-refractivity contribution in [3.63, 3.8) is 0 Å². The van der Waals surface area contributed by atoms with Crippen molar-refractivity contribution in [1.29, 1.82) is 0 Å². The smallest absolute Gasteiger partial charge is 0.294 e. The normalized spacial score (nSPS) is 15.9. The molecule has 13 heteroatoms. The monoisotopic (exact) mass is 501 g/mol. The van der Waals surface area contributed by atoms with Crippen molar-refractivity contribution in [3.05, 3.63) is 52.1 Å². The number of nitrogens with one attached hydrogen (secondary N) is 1. The van der Waals surface area contributed by atoms with Crippen molar-refractivity contribution < 1.29 is 18.1 Å². The molecule has 3 aromatic heterocycles. The molecule has 1 N–H and O–H groups in total. The summed E-state index contributed by atoms with van der Waals surface area (Å²) in [6.45, 7) is 1.66. The van der Waals surface area contributed by atoms with Crippen LogP contribution in [0.25, 0.3) is 22.1 Å². The summed E-state index contributed by atoms with van der Waals surface area (Å²) >= 11 is 1.12. The number of alkyl halides is 2. The van der Waals surface area contributed by atoms with Crippen LogP contribution in [-0.2, 0) is 17.9 Å². The fraction of sp³-hybridized carbons (Fsp3) is 0.364. The highest BCUT2D eigenvalue weighted by Crippen LogP contribution is 2.32. The lowest BCUT2D eigenvalue weighted by Gasteiger charge is -2.23. The Balaban J connectivity index is 1.47. The number of hydrogen-bond acceptors (Lipinski definition) is 9. The number of nitrogens with zero attached hydrogens (tertiary/aromatic N) is 6. The zero-order valence-corrected chi connectivity index (χ0v) is 19.5. The van der Waals surface area contributed by atoms with Crippen molar-refractivity contribution >= 4 is 32.7 Å². The van der Waals surface area contributed by atoms with Crippen LogP contribution in [0.5, 0.6) is 0 Å². The maximum absolute atomic E-state index is 13.3. The average Bonchev–Trinajstić information content (AvgIpc) is 3.59. The third-order valence-corrected chi connectivity index (χ3v) is 6.65. The Kier molecular flexibility index (Phi) is 6.24. The molecule has 1 atom stereocenters. The number of aryl methyl sites for hydroxylation is 1. The van der Waals surface area contributed by atoms with E-state index in [1.165, 1.54) is 0 Å². The van der Waals surface area contributed by atoms with E-state index in [2.05, 4.69) is 25.4 Å². The minimum atomic E-state index is -2.80. The first-order valence-electron chi connectivity index (χ1n) is 11.0. The van der Waals surface area contributed by atoms with Gasteiger partial charge in [-0.15, -0.1) is 0 Å². The molecule has 0 spiro atoms. The number of carbonyl (C=O) groups is 1. The lowest BCUT2D eigenvalue weighted by Crippen LogP contribution is -2.43. The van der Waals surface area contributed by atoms with Gasteiger partial charge in [0, 0.05) is 13.1 Å². The minimum Gasteiger partial charge on any atom is -0.350 e. The Morgan fingerprint density at radius 1 is 1.26 bits per heavy atom. The summed E-state index contributed by atoms with van der Waals surface area (Å²) < 4.78 is 32.4. The van der Waals surface area contributed by atoms with Crippen LogP contribution in [0.15, 0.2) is 39.6 Å². The largest absolute Gasteiger partial charge is 0.350 e. The molecular weight excluding hydrogens is 480 g/mol. The Labute approximate surface area is 201 Å². The van der Waals surface area contributed by atoms with Crippen molar-refractivity contribution in [2.24, 2.45) is 0 Å². The molecule has 4 aromatic rings. The molecule has 35 heavy (non-hydrogen) atoms. The number of amides is 1. The van der Waals surface area contributed by atoms with Crippen LogP contribution >= 0.6 is 11.3 Å². The van der Waals surface area contributed by atoms with Gasteiger partial charge in [0.15, 0.2) is 21.3 Å². The molecule has 182 valence electrons. The van der Waals surface area contributed by atoms with E-state index >= 15 is 0 Å². The van der Waals surface area contributed by atoms with Gasteiger partial charge in [0.05, 0.1) is 6.54 Å². The van der Waals surface area contributed by atoms with E-state index in [9.17, 15) is 18.4 Å². The summed E-state index contributed by atoms with van der Waals surface area (Å²) in [6.07, 6.45) is -1.40. The minimum absolute atomic E-state index is 0.0408. The molecule has 5 rings (SSSR count). The first-order chi connectivity index (χ1) is 16.9. The van der Waals surface area contributed by atoms with E-state index < -0.39 is 24.6 Å². The van der Waals surface area contributed by atoms with Gasteiger partial charge in [-0.05, 0) is 25.3 Å². The number of benzene rings is 1. The van der Waals surface area contributed by atoms with Gasteiger partial charge >= 0.3 is 0 Å². The van der Waals surface area contributed by atoms with Crippen LogP contribution in [0.3, 0.4) is 0 Å². The van der Waals surface area contributed by atoms with Gasteiger partial charge in [-0.1, -0.05) is 46.8 Å². The maximum atomic E-state index is 13.3. The zero-order chi connectivity index (χ0) is 24.5. The Morgan fingerprint density at radius 3 is 2.77 bits per heavy atom. The molecule has 1 saturated heterocycles. The van der Waals surface area contributed by atoms with Crippen LogP contribution in [0.4, 0.5) is 13.9 Å². The topological polar surface area (TPSA) is 119 Å². The fourth-order valence-corrected chi connectivity index (χ4v) is 5.06. The highest BCUT2D eigenvalue weighted by Gasteiger charge is 2.33. The Bertz CT molecular complexity index is 1420. The van der Waals surface area contributed by atoms with E-state index in [0.717, 1.165) is 27.9 Å². The highest BCUT2D eigenvalue weighted by molar-refractivity contribution is 7.21. The van der Waals surface area contributed by atoms with E-state index in [-0.39, 0.29) is 33.8 Å². The molecule has 4 heterocycles. The van der Waals surface area contributed by atoms with Crippen LogP contribution in [0.2, 0.25) is 0 Å². The van der Waals surface area contributed by atoms with Crippen LogP contribution < -0.4 is 15.8 Å². The number of halogens is 2. The Morgan fingerprint density at radius 2 is 2.06 bits per heavy atom. The molecule has 0 saturated carbocycles. The van der Waals surface area contributed by atoms with Gasteiger partial charge in [-0.2, -0.15) is 4.98 Å². The summed E-state index contributed by atoms with van der Waals surface area (Å²) in [5.41, 5.74) is 0.215. The van der Waals surface area contributed by atoms with E-state index in [1.54, 1.807) is 6.92 Å².